The van der Waals surface area contributed by atoms with Crippen molar-refractivity contribution < 1.29 is 131 Å². The number of nitrogens with two attached hydrogens (primary N) is 2. The Bertz CT molecular complexity index is 3720. The van der Waals surface area contributed by atoms with Gasteiger partial charge in [-0.15, -0.1) is 0 Å². The van der Waals surface area contributed by atoms with E-state index in [2.05, 4.69) is 66.7 Å². The molecule has 1 aromatic carbocycles. The first kappa shape index (κ1) is 95.7. The zero-order valence-corrected chi connectivity index (χ0v) is 63.9. The van der Waals surface area contributed by atoms with Gasteiger partial charge in [-0.1, -0.05) is 71.6 Å². The highest BCUT2D eigenvalue weighted by atomic mass is 16.5. The fraction of sp³-hybridized carbons (Fsp3) is 0.614. The van der Waals surface area contributed by atoms with E-state index in [0.717, 1.165) is 47.3 Å². The van der Waals surface area contributed by atoms with Gasteiger partial charge in [-0.05, 0) is 82.4 Å². The van der Waals surface area contributed by atoms with Crippen molar-refractivity contribution in [2.75, 3.05) is 40.4 Å². The van der Waals surface area contributed by atoms with E-state index in [4.69, 9.17) is 20.9 Å². The number of ether oxygens (including phenoxy) is 2. The second-order valence-corrected chi connectivity index (χ2v) is 27.7. The highest BCUT2D eigenvalue weighted by molar-refractivity contribution is 6.02. The highest BCUT2D eigenvalue weighted by Gasteiger charge is 2.43. The van der Waals surface area contributed by atoms with Gasteiger partial charge in [0.05, 0.1) is 26.1 Å². The number of aliphatic hydroxyl groups is 2. The van der Waals surface area contributed by atoms with Gasteiger partial charge in [-0.3, -0.25) is 81.5 Å². The van der Waals surface area contributed by atoms with E-state index in [9.17, 15) is 122 Å². The number of carbonyl (C=O) groups excluding carboxylic acids is 15. The molecular weight excluding hydrogens is 1500 g/mol. The Hall–Kier alpha value is -11.5. The molecule has 1 saturated heterocycles. The van der Waals surface area contributed by atoms with Crippen LogP contribution in [0.15, 0.2) is 30.5 Å². The third-order valence-corrected chi connectivity index (χ3v) is 17.7. The molecule has 2 aromatic rings. The van der Waals surface area contributed by atoms with Crippen LogP contribution in [0.2, 0.25) is 0 Å². The summed E-state index contributed by atoms with van der Waals surface area (Å²) in [5, 5.41) is 88.0. The molecule has 23 N–H and O–H groups in total. The number of carboxylic acids is 4. The van der Waals surface area contributed by atoms with Gasteiger partial charge < -0.3 is 125 Å². The maximum atomic E-state index is 14.9. The maximum Gasteiger partial charge on any atom is 0.335 e. The van der Waals surface area contributed by atoms with Gasteiger partial charge in [0, 0.05) is 56.9 Å². The number of fused-ring (bicyclic) bond motifs is 1. The van der Waals surface area contributed by atoms with Gasteiger partial charge in [0.15, 0.2) is 12.2 Å². The van der Waals surface area contributed by atoms with Crippen molar-refractivity contribution in [2.45, 2.75) is 223 Å². The summed E-state index contributed by atoms with van der Waals surface area (Å²) < 4.78 is 10.6. The molecule has 0 aliphatic carbocycles. The number of primary amides is 1. The van der Waals surface area contributed by atoms with Gasteiger partial charge in [0.25, 0.3) is 0 Å². The van der Waals surface area contributed by atoms with Gasteiger partial charge in [-0.2, -0.15) is 0 Å². The second kappa shape index (κ2) is 47.7. The molecule has 3 rings (SSSR count). The van der Waals surface area contributed by atoms with Crippen LogP contribution in [0.3, 0.4) is 0 Å². The topological polar surface area (TPSA) is 680 Å². The molecule has 14 atom stereocenters. The summed E-state index contributed by atoms with van der Waals surface area (Å²) in [5.41, 5.74) is 12.3. The van der Waals surface area contributed by atoms with Crippen molar-refractivity contribution in [3.8, 4) is 0 Å². The van der Waals surface area contributed by atoms with Crippen molar-refractivity contribution in [1.82, 2.24) is 73.7 Å². The van der Waals surface area contributed by atoms with Crippen LogP contribution in [0.4, 0.5) is 0 Å². The minimum absolute atomic E-state index is 0.0187. The number of esters is 1. The Morgan fingerprint density at radius 3 is 1.81 bits per heavy atom. The number of hydrogen-bond acceptors (Lipinski definition) is 24. The molecule has 43 nitrogen and oxygen atoms in total. The van der Waals surface area contributed by atoms with E-state index >= 15 is 0 Å². The van der Waals surface area contributed by atoms with Crippen molar-refractivity contribution >= 4 is 123 Å². The molecule has 0 saturated carbocycles. The molecule has 14 unspecified atom stereocenters. The molecule has 0 radical (unpaired) electrons. The van der Waals surface area contributed by atoms with Gasteiger partial charge >= 0.3 is 29.8 Å². The number of aliphatic hydroxyl groups excluding tert-OH is 2. The lowest BCUT2D eigenvalue weighted by Crippen LogP contribution is -2.64. The Morgan fingerprint density at radius 2 is 1.22 bits per heavy atom. The number of cyclic esters (lactones) is 1. The van der Waals surface area contributed by atoms with Crippen LogP contribution in [0.5, 0.6) is 0 Å². The van der Waals surface area contributed by atoms with E-state index in [1.165, 1.54) is 13.8 Å². The number of methoxy groups -OCH3 is 1. The summed E-state index contributed by atoms with van der Waals surface area (Å²) in [5.74, 6) is -27.6. The van der Waals surface area contributed by atoms with Crippen molar-refractivity contribution in [3.05, 3.63) is 36.0 Å². The number of nitrogens with zero attached hydrogens (tertiary/aromatic N) is 1. The number of amides is 14. The quantitative estimate of drug-likeness (QED) is 0.0225. The predicted octanol–water partition coefficient (Wildman–Crippen LogP) is -6.49. The molecule has 1 aliphatic heterocycles. The molecule has 43 heteroatoms. The average Bonchev–Trinajstić information content (AvgIpc) is 1.65. The van der Waals surface area contributed by atoms with E-state index in [1.54, 1.807) is 30.5 Å². The van der Waals surface area contributed by atoms with Gasteiger partial charge in [-0.25, -0.2) is 9.59 Å². The third kappa shape index (κ3) is 32.4. The third-order valence-electron chi connectivity index (χ3n) is 17.7. The Morgan fingerprint density at radius 1 is 0.628 bits per heavy atom. The number of likely N-dealkylation sites (N-methyl/N-ethyl adjacent to an activating group) is 1. The number of benzene rings is 1. The van der Waals surface area contributed by atoms with E-state index in [1.807, 2.05) is 16.0 Å². The van der Waals surface area contributed by atoms with Crippen molar-refractivity contribution in [2.24, 2.45) is 23.3 Å². The standard InChI is InChI=1S/C70H106N16O27/c1-33(2)17-11-9-10-12-21-46(88)76-43(27-37-29-73-39-19-14-13-18-38(37)39)63(103)79-42(23-25-50(93)94)62(102)84-54(56(97)58(72)98)67(107)83-53-36(6)113-70(111)52(34(3)4)82-61(101)41(22-24-49(91)92)80-65(105)45(32-87)77-47(89)30-74-66(106)55(57(112-8)69(109)110)85-60(100)40(20-15-16-26-71)78-64(104)44(28-51(95)96)81-59(99)35(5)75-48(90)31-86(7)68(53)108/h13-14,18-19,29,33-36,40-45,52-57,73,87,97H,9-12,15-17,20-28,30-32,71H2,1-8H3,(H2,72,98)(H,74,106)(H,75,90)(H,76,88)(H,77,89)(H,78,104)(H,79,103)(H,80,105)(H,81,99)(H,82,101)(H,83,107)(H,84,102)(H,85,100)(H,91,92)(H,93,94)(H,95,96)(H,109,110). The van der Waals surface area contributed by atoms with E-state index < -0.39 is 255 Å². The van der Waals surface area contributed by atoms with Crippen molar-refractivity contribution in [1.29, 1.82) is 0 Å². The molecule has 14 amide bonds. The van der Waals surface area contributed by atoms with Crippen LogP contribution >= 0.6 is 0 Å². The van der Waals surface area contributed by atoms with Crippen LogP contribution in [0.1, 0.15) is 137 Å². The van der Waals surface area contributed by atoms with Crippen LogP contribution in [0.25, 0.3) is 10.9 Å². The molecule has 2 heterocycles. The predicted molar refractivity (Wildman–Crippen MR) is 392 cm³/mol. The Labute approximate surface area is 648 Å². The number of rotatable bonds is 35. The number of aliphatic carboxylic acids is 4. The molecule has 1 fully saturated rings. The van der Waals surface area contributed by atoms with Crippen LogP contribution in [0, 0.1) is 11.8 Å². The molecular formula is C70H106N16O27. The molecule has 0 spiro atoms. The number of hydrogen-bond donors (Lipinski definition) is 21. The number of H-pyrrole nitrogens is 1. The number of para-hydroxylation sites is 1. The zero-order valence-electron chi connectivity index (χ0n) is 63.9. The zero-order chi connectivity index (χ0) is 85.1. The minimum Gasteiger partial charge on any atom is -0.481 e. The molecule has 628 valence electrons. The number of unbranched alkanes of at least 4 members (excludes halogenated alkanes) is 4. The first-order valence-corrected chi connectivity index (χ1v) is 36.4. The Kier molecular flexibility index (Phi) is 40.4. The van der Waals surface area contributed by atoms with Gasteiger partial charge in [0.2, 0.25) is 82.7 Å². The molecule has 113 heavy (non-hydrogen) atoms. The van der Waals surface area contributed by atoms with E-state index in [-0.39, 0.29) is 38.6 Å². The molecule has 0 bridgehead atoms. The Balaban J connectivity index is 2.23. The fourth-order valence-electron chi connectivity index (χ4n) is 11.4. The summed E-state index contributed by atoms with van der Waals surface area (Å²) >= 11 is 0. The minimum atomic E-state index is -2.79. The fourth-order valence-corrected chi connectivity index (χ4v) is 11.4. The smallest absolute Gasteiger partial charge is 0.335 e. The van der Waals surface area contributed by atoms with Crippen LogP contribution < -0.4 is 75.3 Å². The molecule has 1 aliphatic rings. The number of carbonyl (C=O) groups is 19. The first-order chi connectivity index (χ1) is 53.1. The lowest BCUT2D eigenvalue weighted by atomic mass is 10.0. The summed E-state index contributed by atoms with van der Waals surface area (Å²) in [4.78, 5) is 263. The summed E-state index contributed by atoms with van der Waals surface area (Å²) in [6.45, 7) is 5.17. The van der Waals surface area contributed by atoms with E-state index in [0.29, 0.717) is 40.1 Å². The summed E-state index contributed by atoms with van der Waals surface area (Å²) in [6, 6.07) is -15.4. The second-order valence-electron chi connectivity index (χ2n) is 27.7. The number of nitrogens with one attached hydrogen (secondary N) is 13. The van der Waals surface area contributed by atoms with Crippen LogP contribution in [-0.4, -0.2) is 278 Å². The van der Waals surface area contributed by atoms with Crippen molar-refractivity contribution in [3.63, 3.8) is 0 Å². The summed E-state index contributed by atoms with van der Waals surface area (Å²) in [6.07, 6.45) is -6.63. The highest BCUT2D eigenvalue weighted by Crippen LogP contribution is 2.21. The maximum absolute atomic E-state index is 14.9. The average molecular weight is 1600 g/mol. The number of aromatic nitrogens is 1. The first-order valence-electron chi connectivity index (χ1n) is 36.4. The lowest BCUT2D eigenvalue weighted by molar-refractivity contribution is -0.159. The largest absolute Gasteiger partial charge is 0.481 e. The normalized spacial score (nSPS) is 21.9. The lowest BCUT2D eigenvalue weighted by Gasteiger charge is -2.32. The van der Waals surface area contributed by atoms with Crippen LogP contribution in [-0.2, 0) is 107 Å². The number of aromatic amines is 1. The molecule has 1 aromatic heterocycles. The number of carboxylic acid groups (broad SMARTS) is 4. The SMILES string of the molecule is COC(C(=O)O)C1NC(=O)C(CCCCN)NC(=O)C(CC(=O)O)NC(=O)C(C)NC(=O)CN(C)C(=O)C(NC(=O)C(NC(=O)C(CCC(=O)O)NC(=O)C(Cc2c[nH]c3ccccc23)NC(=O)CCCCCCC(C)C)C(O)C(N)=O)C(C)OC(=O)C(C(C)C)NC(=O)C(CCC(=O)O)NC(=O)C(CO)NC(=O)CNC1=O. The monoisotopic (exact) mass is 1600 g/mol. The van der Waals surface area contributed by atoms with Gasteiger partial charge in [0.1, 0.15) is 72.6 Å². The summed E-state index contributed by atoms with van der Waals surface area (Å²) in [7, 11) is 1.71.